The van der Waals surface area contributed by atoms with E-state index in [0.717, 1.165) is 31.7 Å². The molecule has 4 nitrogen and oxygen atoms in total. The number of hydrogen-bond donors (Lipinski definition) is 2. The Morgan fingerprint density at radius 1 is 1.21 bits per heavy atom. The Balaban J connectivity index is 0.00000180. The lowest BCUT2D eigenvalue weighted by molar-refractivity contribution is -0.671. The number of nitrogens with zero attached hydrogens (tertiary/aromatic N) is 2. The van der Waals surface area contributed by atoms with Crippen LogP contribution >= 0.6 is 0 Å². The van der Waals surface area contributed by atoms with Crippen LogP contribution in [0.5, 0.6) is 0 Å². The molecule has 0 aliphatic heterocycles. The van der Waals surface area contributed by atoms with Crippen molar-refractivity contribution in [3.8, 4) is 0 Å². The highest BCUT2D eigenvalue weighted by Gasteiger charge is 1.98. The van der Waals surface area contributed by atoms with Crippen LogP contribution in [0, 0.1) is 0 Å². The molecule has 1 aromatic carbocycles. The molecule has 2 aromatic rings. The molecular weight excluding hydrogens is 260 g/mol. The molecule has 0 saturated heterocycles. The Morgan fingerprint density at radius 3 is 2.58 bits per heavy atom. The van der Waals surface area contributed by atoms with Gasteiger partial charge in [-0.25, -0.2) is 9.13 Å². The van der Waals surface area contributed by atoms with Gasteiger partial charge < -0.3 is 23.5 Å². The summed E-state index contributed by atoms with van der Waals surface area (Å²) in [5.41, 5.74) is 7.80. The van der Waals surface area contributed by atoms with Crippen molar-refractivity contribution in [2.45, 2.75) is 13.0 Å². The monoisotopic (exact) mass is 280 g/mol. The number of halogens is 1. The SMILES string of the molecule is C[n+]1ccn(CCNCCc2ccc(N)cc2)c1.[Cl-]. The third kappa shape index (κ3) is 5.32. The molecule has 104 valence electrons. The number of aryl methyl sites for hydroxylation is 1. The second-order valence-corrected chi connectivity index (χ2v) is 4.56. The van der Waals surface area contributed by atoms with Crippen LogP contribution in [0.3, 0.4) is 0 Å². The standard InChI is InChI=1S/C14H21N4.ClH/c1-17-10-11-18(12-17)9-8-16-7-6-13-2-4-14(15)5-3-13;/h2-5,10-12,16H,6-9,15H2,1H3;1H/q+1;/p-1. The van der Waals surface area contributed by atoms with E-state index in [9.17, 15) is 0 Å². The van der Waals surface area contributed by atoms with Gasteiger partial charge in [-0.15, -0.1) is 0 Å². The van der Waals surface area contributed by atoms with Crippen molar-refractivity contribution in [2.75, 3.05) is 18.8 Å². The Morgan fingerprint density at radius 2 is 1.95 bits per heavy atom. The van der Waals surface area contributed by atoms with Crippen molar-refractivity contribution in [1.29, 1.82) is 0 Å². The van der Waals surface area contributed by atoms with Crippen molar-refractivity contribution in [3.05, 3.63) is 48.5 Å². The largest absolute Gasteiger partial charge is 1.00 e. The number of rotatable bonds is 6. The Hall–Kier alpha value is -1.52. The normalized spacial score (nSPS) is 10.2. The summed E-state index contributed by atoms with van der Waals surface area (Å²) in [6.45, 7) is 2.99. The fourth-order valence-corrected chi connectivity index (χ4v) is 1.88. The maximum Gasteiger partial charge on any atom is 0.243 e. The third-order valence-electron chi connectivity index (χ3n) is 2.94. The molecule has 0 atom stereocenters. The van der Waals surface area contributed by atoms with Gasteiger partial charge in [-0.3, -0.25) is 0 Å². The van der Waals surface area contributed by atoms with Gasteiger partial charge in [0.05, 0.1) is 7.05 Å². The lowest BCUT2D eigenvalue weighted by atomic mass is 10.1. The van der Waals surface area contributed by atoms with Crippen LogP contribution in [-0.4, -0.2) is 17.7 Å². The summed E-state index contributed by atoms with van der Waals surface area (Å²) < 4.78 is 4.23. The number of nitrogen functional groups attached to an aromatic ring is 1. The molecule has 3 N–H and O–H groups in total. The fraction of sp³-hybridized carbons (Fsp3) is 0.357. The first kappa shape index (κ1) is 15.5. The first-order valence-electron chi connectivity index (χ1n) is 6.30. The van der Waals surface area contributed by atoms with Crippen LogP contribution in [0.2, 0.25) is 0 Å². The van der Waals surface area contributed by atoms with E-state index in [1.165, 1.54) is 5.56 Å². The molecule has 1 aromatic heterocycles. The highest BCUT2D eigenvalue weighted by molar-refractivity contribution is 5.39. The van der Waals surface area contributed by atoms with E-state index in [-0.39, 0.29) is 12.4 Å². The van der Waals surface area contributed by atoms with E-state index in [2.05, 4.69) is 34.5 Å². The summed E-state index contributed by atoms with van der Waals surface area (Å²) >= 11 is 0. The van der Waals surface area contributed by atoms with Crippen LogP contribution in [0.15, 0.2) is 43.0 Å². The molecule has 2 rings (SSSR count). The maximum atomic E-state index is 5.65. The number of nitrogens with one attached hydrogen (secondary N) is 1. The molecule has 0 aliphatic rings. The third-order valence-corrected chi connectivity index (χ3v) is 2.94. The minimum Gasteiger partial charge on any atom is -1.00 e. The van der Waals surface area contributed by atoms with Gasteiger partial charge in [0.2, 0.25) is 6.33 Å². The van der Waals surface area contributed by atoms with E-state index in [4.69, 9.17) is 5.73 Å². The molecule has 0 bridgehead atoms. The molecule has 0 spiro atoms. The first-order valence-corrected chi connectivity index (χ1v) is 6.30. The molecule has 19 heavy (non-hydrogen) atoms. The molecule has 5 heteroatoms. The van der Waals surface area contributed by atoms with Crippen LogP contribution in [0.25, 0.3) is 0 Å². The van der Waals surface area contributed by atoms with E-state index in [1.54, 1.807) is 0 Å². The Bertz CT molecular complexity index is 478. The van der Waals surface area contributed by atoms with Crippen LogP contribution in [0.1, 0.15) is 5.56 Å². The van der Waals surface area contributed by atoms with Gasteiger partial charge in [-0.2, -0.15) is 0 Å². The van der Waals surface area contributed by atoms with E-state index >= 15 is 0 Å². The maximum absolute atomic E-state index is 5.65. The van der Waals surface area contributed by atoms with E-state index in [1.807, 2.05) is 29.9 Å². The van der Waals surface area contributed by atoms with Crippen LogP contribution in [0.4, 0.5) is 5.69 Å². The molecule has 0 unspecified atom stereocenters. The van der Waals surface area contributed by atoms with Crippen molar-refractivity contribution >= 4 is 5.69 Å². The average molecular weight is 281 g/mol. The number of aromatic nitrogens is 2. The van der Waals surface area contributed by atoms with Crippen LogP contribution in [-0.2, 0) is 20.0 Å². The Labute approximate surface area is 120 Å². The van der Waals surface area contributed by atoms with Gasteiger partial charge in [0.15, 0.2) is 0 Å². The molecule has 0 amide bonds. The summed E-state index contributed by atoms with van der Waals surface area (Å²) in [5.74, 6) is 0. The van der Waals surface area contributed by atoms with Gasteiger partial charge in [0.1, 0.15) is 18.9 Å². The molecule has 0 fully saturated rings. The summed E-state index contributed by atoms with van der Waals surface area (Å²) in [7, 11) is 2.03. The smallest absolute Gasteiger partial charge is 0.243 e. The van der Waals surface area contributed by atoms with Gasteiger partial charge >= 0.3 is 0 Å². The molecule has 0 radical (unpaired) electrons. The summed E-state index contributed by atoms with van der Waals surface area (Å²) in [6, 6.07) is 8.08. The minimum atomic E-state index is 0. The molecule has 1 heterocycles. The zero-order chi connectivity index (χ0) is 12.8. The second-order valence-electron chi connectivity index (χ2n) is 4.56. The van der Waals surface area contributed by atoms with Crippen LogP contribution < -0.4 is 28.0 Å². The van der Waals surface area contributed by atoms with E-state index < -0.39 is 0 Å². The first-order chi connectivity index (χ1) is 8.74. The van der Waals surface area contributed by atoms with Gasteiger partial charge in [-0.05, 0) is 30.7 Å². The lowest BCUT2D eigenvalue weighted by Gasteiger charge is -2.04. The summed E-state index contributed by atoms with van der Waals surface area (Å²) in [5, 5.41) is 3.44. The quantitative estimate of drug-likeness (QED) is 0.356. The number of nitrogens with two attached hydrogens (primary N) is 1. The fourth-order valence-electron chi connectivity index (χ4n) is 1.88. The second kappa shape index (κ2) is 7.81. The van der Waals surface area contributed by atoms with Crippen molar-refractivity contribution < 1.29 is 17.0 Å². The van der Waals surface area contributed by atoms with Crippen molar-refractivity contribution in [1.82, 2.24) is 9.88 Å². The Kier molecular flexibility index (Phi) is 6.39. The minimum absolute atomic E-state index is 0. The molecular formula is C14H21ClN4. The molecule has 0 aliphatic carbocycles. The van der Waals surface area contributed by atoms with E-state index in [0.29, 0.717) is 0 Å². The number of hydrogen-bond acceptors (Lipinski definition) is 2. The highest BCUT2D eigenvalue weighted by Crippen LogP contribution is 2.05. The lowest BCUT2D eigenvalue weighted by Crippen LogP contribution is -3.00. The van der Waals surface area contributed by atoms with Gasteiger partial charge in [0.25, 0.3) is 0 Å². The number of benzene rings is 1. The van der Waals surface area contributed by atoms with Crippen molar-refractivity contribution in [3.63, 3.8) is 0 Å². The zero-order valence-corrected chi connectivity index (χ0v) is 12.0. The number of anilines is 1. The van der Waals surface area contributed by atoms with Gasteiger partial charge in [-0.1, -0.05) is 12.1 Å². The van der Waals surface area contributed by atoms with Gasteiger partial charge in [0, 0.05) is 12.2 Å². The zero-order valence-electron chi connectivity index (χ0n) is 11.2. The number of imidazole rings is 1. The molecule has 0 saturated carbocycles. The average Bonchev–Trinajstić information content (AvgIpc) is 2.77. The topological polar surface area (TPSA) is 46.9 Å². The summed E-state index contributed by atoms with van der Waals surface area (Å²) in [6.07, 6.45) is 7.26. The highest BCUT2D eigenvalue weighted by atomic mass is 35.5. The van der Waals surface area contributed by atoms with Crippen molar-refractivity contribution in [2.24, 2.45) is 7.05 Å². The summed E-state index contributed by atoms with van der Waals surface area (Å²) in [4.78, 5) is 0. The predicted octanol–water partition coefficient (Wildman–Crippen LogP) is -2.27. The predicted molar refractivity (Wildman–Crippen MR) is 73.0 cm³/mol.